The van der Waals surface area contributed by atoms with E-state index in [1.54, 1.807) is 23.1 Å². The van der Waals surface area contributed by atoms with Crippen molar-refractivity contribution in [1.29, 1.82) is 0 Å². The Hall–Kier alpha value is -0.560. The van der Waals surface area contributed by atoms with Gasteiger partial charge in [0.1, 0.15) is 0 Å². The second kappa shape index (κ2) is 4.48. The van der Waals surface area contributed by atoms with Crippen molar-refractivity contribution in [3.63, 3.8) is 0 Å². The molecule has 2 atom stereocenters. The molecule has 102 valence electrons. The van der Waals surface area contributed by atoms with E-state index in [1.165, 1.54) is 0 Å². The summed E-state index contributed by atoms with van der Waals surface area (Å²) in [5.74, 6) is 0.181. The van der Waals surface area contributed by atoms with Crippen molar-refractivity contribution in [2.75, 3.05) is 16.4 Å². The summed E-state index contributed by atoms with van der Waals surface area (Å²) in [6.45, 7) is 0. The van der Waals surface area contributed by atoms with Gasteiger partial charge in [-0.1, -0.05) is 29.3 Å². The minimum Gasteiger partial charge on any atom is -0.356 e. The first-order valence-corrected chi connectivity index (χ1v) is 8.62. The molecule has 19 heavy (non-hydrogen) atoms. The van der Waals surface area contributed by atoms with Gasteiger partial charge in [-0.25, -0.2) is 8.42 Å². The van der Waals surface area contributed by atoms with Crippen molar-refractivity contribution >= 4 is 56.1 Å². The van der Waals surface area contributed by atoms with Gasteiger partial charge in [0.25, 0.3) is 0 Å². The third-order valence-electron chi connectivity index (χ3n) is 3.37. The third kappa shape index (κ3) is 2.20. The Kier molecular flexibility index (Phi) is 3.16. The van der Waals surface area contributed by atoms with Crippen LogP contribution in [0, 0.1) is 0 Å². The highest BCUT2D eigenvalue weighted by atomic mass is 35.5. The number of thiocarbonyl (C=S) groups is 1. The van der Waals surface area contributed by atoms with E-state index >= 15 is 0 Å². The zero-order valence-corrected chi connectivity index (χ0v) is 12.8. The summed E-state index contributed by atoms with van der Waals surface area (Å²) in [5.41, 5.74) is 0.649. The van der Waals surface area contributed by atoms with Crippen LogP contribution in [0.4, 0.5) is 5.69 Å². The molecule has 8 heteroatoms. The summed E-state index contributed by atoms with van der Waals surface area (Å²) in [5, 5.41) is 4.35. The number of nitrogens with zero attached hydrogens (tertiary/aromatic N) is 1. The van der Waals surface area contributed by atoms with Crippen LogP contribution in [0.2, 0.25) is 10.0 Å². The minimum absolute atomic E-state index is 0.0770. The molecule has 2 heterocycles. The molecule has 0 spiro atoms. The first-order valence-electron chi connectivity index (χ1n) is 5.63. The molecular formula is C11H10Cl2N2O2S2. The number of fused-ring (bicyclic) bond motifs is 1. The Morgan fingerprint density at radius 2 is 2.05 bits per heavy atom. The predicted octanol–water partition coefficient (Wildman–Crippen LogP) is 1.85. The topological polar surface area (TPSA) is 49.4 Å². The number of hydrogen-bond donors (Lipinski definition) is 1. The highest BCUT2D eigenvalue weighted by molar-refractivity contribution is 7.91. The zero-order valence-electron chi connectivity index (χ0n) is 9.64. The lowest BCUT2D eigenvalue weighted by atomic mass is 10.1. The standard InChI is InChI=1S/C11H10Cl2N2O2S2/c12-6-2-1-3-8(10(6)13)15-9-5-19(16,17)4-7(9)14-11(15)18/h1-3,7,9H,4-5H2,(H,14,18)/t7-,9-/m0/s1. The molecule has 0 aliphatic carbocycles. The van der Waals surface area contributed by atoms with Gasteiger partial charge in [0.15, 0.2) is 14.9 Å². The number of sulfone groups is 1. The van der Waals surface area contributed by atoms with E-state index in [1.807, 2.05) is 0 Å². The summed E-state index contributed by atoms with van der Waals surface area (Å²) >= 11 is 17.5. The number of hydrogen-bond acceptors (Lipinski definition) is 3. The SMILES string of the molecule is O=S1(=O)C[C@@H]2NC(=S)N(c3cccc(Cl)c3Cl)[C@H]2C1. The average Bonchev–Trinajstić information content (AvgIpc) is 2.73. The molecule has 1 aromatic carbocycles. The molecule has 0 bridgehead atoms. The number of benzene rings is 1. The highest BCUT2D eigenvalue weighted by Gasteiger charge is 2.48. The highest BCUT2D eigenvalue weighted by Crippen LogP contribution is 2.37. The third-order valence-corrected chi connectivity index (χ3v) is 6.21. The van der Waals surface area contributed by atoms with Crippen molar-refractivity contribution in [1.82, 2.24) is 5.32 Å². The monoisotopic (exact) mass is 336 g/mol. The molecular weight excluding hydrogens is 327 g/mol. The summed E-state index contributed by atoms with van der Waals surface area (Å²) in [6, 6.07) is 4.85. The van der Waals surface area contributed by atoms with Crippen LogP contribution in [0.1, 0.15) is 0 Å². The van der Waals surface area contributed by atoms with Crippen LogP contribution in [-0.2, 0) is 9.84 Å². The van der Waals surface area contributed by atoms with Crippen LogP contribution >= 0.6 is 35.4 Å². The number of rotatable bonds is 1. The Labute approximate surface area is 126 Å². The van der Waals surface area contributed by atoms with Gasteiger partial charge in [0, 0.05) is 0 Å². The molecule has 0 unspecified atom stereocenters. The van der Waals surface area contributed by atoms with Gasteiger partial charge in [-0.15, -0.1) is 0 Å². The van der Waals surface area contributed by atoms with Crippen molar-refractivity contribution < 1.29 is 8.42 Å². The predicted molar refractivity (Wildman–Crippen MR) is 80.9 cm³/mol. The molecule has 0 radical (unpaired) electrons. The molecule has 2 aliphatic rings. The van der Waals surface area contributed by atoms with Crippen molar-refractivity contribution in [3.05, 3.63) is 28.2 Å². The number of halogens is 2. The Morgan fingerprint density at radius 1 is 1.32 bits per heavy atom. The van der Waals surface area contributed by atoms with E-state index < -0.39 is 9.84 Å². The molecule has 3 rings (SSSR count). The van der Waals surface area contributed by atoms with Crippen LogP contribution in [-0.4, -0.2) is 37.1 Å². The molecule has 2 fully saturated rings. The maximum atomic E-state index is 11.7. The Balaban J connectivity index is 2.05. The normalized spacial score (nSPS) is 28.3. The summed E-state index contributed by atoms with van der Waals surface area (Å²) in [7, 11) is -3.03. The molecule has 1 N–H and O–H groups in total. The lowest BCUT2D eigenvalue weighted by Gasteiger charge is -2.24. The van der Waals surface area contributed by atoms with Gasteiger partial charge in [0.05, 0.1) is 39.3 Å². The second-order valence-corrected chi connectivity index (χ2v) is 7.97. The van der Waals surface area contributed by atoms with Crippen molar-refractivity contribution in [3.8, 4) is 0 Å². The molecule has 0 amide bonds. The molecule has 2 aliphatic heterocycles. The van der Waals surface area contributed by atoms with Crippen LogP contribution < -0.4 is 10.2 Å². The van der Waals surface area contributed by atoms with Gasteiger partial charge in [-0.3, -0.25) is 0 Å². The number of anilines is 1. The molecule has 1 aromatic rings. The molecule has 2 saturated heterocycles. The van der Waals surface area contributed by atoms with E-state index in [2.05, 4.69) is 5.32 Å². The summed E-state index contributed by atoms with van der Waals surface area (Å²) in [6.07, 6.45) is 0. The zero-order chi connectivity index (χ0) is 13.8. The summed E-state index contributed by atoms with van der Waals surface area (Å²) < 4.78 is 23.4. The molecule has 0 aromatic heterocycles. The van der Waals surface area contributed by atoms with E-state index in [9.17, 15) is 8.42 Å². The van der Waals surface area contributed by atoms with E-state index in [4.69, 9.17) is 35.4 Å². The van der Waals surface area contributed by atoms with E-state index in [0.717, 1.165) is 0 Å². The first-order chi connectivity index (χ1) is 8.89. The first kappa shape index (κ1) is 13.4. The van der Waals surface area contributed by atoms with Gasteiger partial charge >= 0.3 is 0 Å². The van der Waals surface area contributed by atoms with Crippen molar-refractivity contribution in [2.45, 2.75) is 12.1 Å². The maximum Gasteiger partial charge on any atom is 0.174 e. The molecule has 0 saturated carbocycles. The van der Waals surface area contributed by atoms with Crippen LogP contribution in [0.5, 0.6) is 0 Å². The Morgan fingerprint density at radius 3 is 2.79 bits per heavy atom. The smallest absolute Gasteiger partial charge is 0.174 e. The van der Waals surface area contributed by atoms with E-state index in [0.29, 0.717) is 20.8 Å². The van der Waals surface area contributed by atoms with Crippen LogP contribution in [0.25, 0.3) is 0 Å². The fraction of sp³-hybridized carbons (Fsp3) is 0.364. The quantitative estimate of drug-likeness (QED) is 0.793. The Bertz CT molecular complexity index is 663. The van der Waals surface area contributed by atoms with Gasteiger partial charge in [-0.2, -0.15) is 0 Å². The van der Waals surface area contributed by atoms with Gasteiger partial charge < -0.3 is 10.2 Å². The second-order valence-electron chi connectivity index (χ2n) is 4.64. The minimum atomic E-state index is -3.03. The van der Waals surface area contributed by atoms with E-state index in [-0.39, 0.29) is 23.6 Å². The summed E-state index contributed by atoms with van der Waals surface area (Å²) in [4.78, 5) is 1.76. The van der Waals surface area contributed by atoms with Crippen LogP contribution in [0.3, 0.4) is 0 Å². The van der Waals surface area contributed by atoms with Gasteiger partial charge in [0.2, 0.25) is 0 Å². The molecule has 4 nitrogen and oxygen atoms in total. The average molecular weight is 337 g/mol. The fourth-order valence-electron chi connectivity index (χ4n) is 2.57. The van der Waals surface area contributed by atoms with Gasteiger partial charge in [-0.05, 0) is 24.4 Å². The van der Waals surface area contributed by atoms with Crippen LogP contribution in [0.15, 0.2) is 18.2 Å². The lowest BCUT2D eigenvalue weighted by Crippen LogP contribution is -2.37. The fourth-order valence-corrected chi connectivity index (χ4v) is 5.23. The van der Waals surface area contributed by atoms with Crippen molar-refractivity contribution in [2.24, 2.45) is 0 Å². The lowest BCUT2D eigenvalue weighted by molar-refractivity contribution is 0.600. The largest absolute Gasteiger partial charge is 0.356 e. The number of nitrogens with one attached hydrogen (secondary N) is 1. The maximum absolute atomic E-state index is 11.7.